The molecule has 0 radical (unpaired) electrons. The van der Waals surface area contributed by atoms with Crippen LogP contribution in [-0.4, -0.2) is 8.42 Å². The molecule has 84 valence electrons. The molecule has 0 aliphatic heterocycles. The highest BCUT2D eigenvalue weighted by molar-refractivity contribution is 7.87. The first kappa shape index (κ1) is 10.8. The predicted molar refractivity (Wildman–Crippen MR) is 57.7 cm³/mol. The molecule has 0 unspecified atom stereocenters. The van der Waals surface area contributed by atoms with Gasteiger partial charge >= 0.3 is 10.1 Å². The molecule has 0 amide bonds. The summed E-state index contributed by atoms with van der Waals surface area (Å²) in [6.07, 6.45) is 2.58. The van der Waals surface area contributed by atoms with E-state index < -0.39 is 10.1 Å². The maximum Gasteiger partial charge on any atom is 0.339 e. The van der Waals surface area contributed by atoms with Crippen molar-refractivity contribution in [2.45, 2.75) is 11.8 Å². The second-order valence-electron chi connectivity index (χ2n) is 3.31. The Morgan fingerprint density at radius 1 is 1.12 bits per heavy atom. The number of hydrogen-bond acceptors (Lipinski definition) is 4. The minimum atomic E-state index is -3.76. The zero-order valence-electron chi connectivity index (χ0n) is 8.58. The number of rotatable bonds is 3. The van der Waals surface area contributed by atoms with Crippen LogP contribution >= 0.6 is 0 Å². The maximum absolute atomic E-state index is 11.7. The van der Waals surface area contributed by atoms with Gasteiger partial charge in [-0.25, -0.2) is 0 Å². The molecular formula is C11H10O4S. The topological polar surface area (TPSA) is 56.5 Å². The van der Waals surface area contributed by atoms with Crippen LogP contribution in [0.2, 0.25) is 0 Å². The average Bonchev–Trinajstić information content (AvgIpc) is 2.70. The molecule has 0 atom stereocenters. The first-order valence-corrected chi connectivity index (χ1v) is 6.02. The van der Waals surface area contributed by atoms with Crippen LogP contribution in [0.5, 0.6) is 5.75 Å². The van der Waals surface area contributed by atoms with Crippen molar-refractivity contribution in [1.82, 2.24) is 0 Å². The molecule has 0 fully saturated rings. The molecule has 4 nitrogen and oxygen atoms in total. The Morgan fingerprint density at radius 3 is 2.38 bits per heavy atom. The molecule has 0 saturated heterocycles. The summed E-state index contributed by atoms with van der Waals surface area (Å²) in [6, 6.07) is 7.87. The van der Waals surface area contributed by atoms with Crippen LogP contribution in [0.4, 0.5) is 0 Å². The highest BCUT2D eigenvalue weighted by atomic mass is 32.2. The molecule has 2 aromatic rings. The lowest BCUT2D eigenvalue weighted by Gasteiger charge is -2.04. The van der Waals surface area contributed by atoms with E-state index in [1.165, 1.54) is 30.7 Å². The Hall–Kier alpha value is -1.75. The normalized spacial score (nSPS) is 11.3. The second-order valence-corrected chi connectivity index (χ2v) is 4.86. The van der Waals surface area contributed by atoms with Gasteiger partial charge in [0.25, 0.3) is 0 Å². The zero-order chi connectivity index (χ0) is 11.6. The van der Waals surface area contributed by atoms with Gasteiger partial charge in [-0.3, -0.25) is 0 Å². The van der Waals surface area contributed by atoms with Gasteiger partial charge in [0.15, 0.2) is 5.75 Å². The molecule has 16 heavy (non-hydrogen) atoms. The fourth-order valence-electron chi connectivity index (χ4n) is 1.18. The first-order chi connectivity index (χ1) is 7.58. The molecule has 0 aliphatic rings. The number of furan rings is 1. The van der Waals surface area contributed by atoms with Crippen LogP contribution in [0.15, 0.2) is 52.2 Å². The minimum Gasteiger partial charge on any atom is -0.469 e. The van der Waals surface area contributed by atoms with Crippen molar-refractivity contribution in [2.75, 3.05) is 0 Å². The number of hydrogen-bond donors (Lipinski definition) is 0. The van der Waals surface area contributed by atoms with Crippen LogP contribution in [0.25, 0.3) is 0 Å². The average molecular weight is 238 g/mol. The summed E-state index contributed by atoms with van der Waals surface area (Å²) in [4.78, 5) is 0.124. The predicted octanol–water partition coefficient (Wildman–Crippen LogP) is 2.36. The van der Waals surface area contributed by atoms with Crippen molar-refractivity contribution in [3.63, 3.8) is 0 Å². The van der Waals surface area contributed by atoms with E-state index in [-0.39, 0.29) is 10.6 Å². The van der Waals surface area contributed by atoms with E-state index in [4.69, 9.17) is 8.60 Å². The van der Waals surface area contributed by atoms with Crippen molar-refractivity contribution in [1.29, 1.82) is 0 Å². The van der Waals surface area contributed by atoms with Gasteiger partial charge in [0.2, 0.25) is 0 Å². The SMILES string of the molecule is Cc1ccc(S(=O)(=O)Oc2ccoc2)cc1. The molecule has 0 saturated carbocycles. The lowest BCUT2D eigenvalue weighted by Crippen LogP contribution is -2.09. The summed E-state index contributed by atoms with van der Waals surface area (Å²) in [6.45, 7) is 1.88. The molecule has 1 heterocycles. The molecular weight excluding hydrogens is 228 g/mol. The monoisotopic (exact) mass is 238 g/mol. The van der Waals surface area contributed by atoms with Gasteiger partial charge in [0.05, 0.1) is 6.26 Å². The van der Waals surface area contributed by atoms with Crippen LogP contribution in [-0.2, 0) is 10.1 Å². The van der Waals surface area contributed by atoms with Gasteiger partial charge in [-0.05, 0) is 19.1 Å². The molecule has 2 rings (SSSR count). The standard InChI is InChI=1S/C11H10O4S/c1-9-2-4-11(5-3-9)16(12,13)15-10-6-7-14-8-10/h2-8H,1H3. The van der Waals surface area contributed by atoms with E-state index in [9.17, 15) is 8.42 Å². The Bertz CT molecular complexity index is 553. The Morgan fingerprint density at radius 2 is 1.81 bits per heavy atom. The summed E-state index contributed by atoms with van der Waals surface area (Å²) < 4.78 is 33.1. The van der Waals surface area contributed by atoms with Crippen molar-refractivity contribution in [3.8, 4) is 5.75 Å². The van der Waals surface area contributed by atoms with Crippen LogP contribution in [0.3, 0.4) is 0 Å². The Labute approximate surface area is 93.6 Å². The third kappa shape index (κ3) is 2.25. The molecule has 0 aliphatic carbocycles. The molecule has 0 N–H and O–H groups in total. The first-order valence-electron chi connectivity index (χ1n) is 4.61. The molecule has 1 aromatic heterocycles. The summed E-state index contributed by atoms with van der Waals surface area (Å²) in [7, 11) is -3.76. The summed E-state index contributed by atoms with van der Waals surface area (Å²) in [5.74, 6) is 0.167. The zero-order valence-corrected chi connectivity index (χ0v) is 9.40. The quantitative estimate of drug-likeness (QED) is 0.770. The van der Waals surface area contributed by atoms with Crippen molar-refractivity contribution in [3.05, 3.63) is 48.4 Å². The van der Waals surface area contributed by atoms with Gasteiger partial charge in [-0.2, -0.15) is 8.42 Å². The Balaban J connectivity index is 2.29. The lowest BCUT2D eigenvalue weighted by molar-refractivity contribution is 0.476. The third-order valence-electron chi connectivity index (χ3n) is 2.01. The third-order valence-corrected chi connectivity index (χ3v) is 3.27. The van der Waals surface area contributed by atoms with Gasteiger partial charge < -0.3 is 8.60 Å². The van der Waals surface area contributed by atoms with Crippen molar-refractivity contribution < 1.29 is 17.0 Å². The molecule has 5 heteroatoms. The van der Waals surface area contributed by atoms with E-state index in [0.29, 0.717) is 0 Å². The second kappa shape index (κ2) is 4.02. The van der Waals surface area contributed by atoms with E-state index in [1.54, 1.807) is 12.1 Å². The number of benzene rings is 1. The van der Waals surface area contributed by atoms with Gasteiger partial charge in [-0.1, -0.05) is 17.7 Å². The molecule has 1 aromatic carbocycles. The molecule has 0 spiro atoms. The van der Waals surface area contributed by atoms with Gasteiger partial charge in [-0.15, -0.1) is 0 Å². The smallest absolute Gasteiger partial charge is 0.339 e. The number of aryl methyl sites for hydroxylation is 1. The van der Waals surface area contributed by atoms with Crippen LogP contribution in [0.1, 0.15) is 5.56 Å². The van der Waals surface area contributed by atoms with Crippen molar-refractivity contribution >= 4 is 10.1 Å². The van der Waals surface area contributed by atoms with E-state index >= 15 is 0 Å². The van der Waals surface area contributed by atoms with Gasteiger partial charge in [0.1, 0.15) is 11.2 Å². The highest BCUT2D eigenvalue weighted by Crippen LogP contribution is 2.18. The fraction of sp³-hybridized carbons (Fsp3) is 0.0909. The summed E-state index contributed by atoms with van der Waals surface area (Å²) in [5, 5.41) is 0. The fourth-order valence-corrected chi connectivity index (χ4v) is 2.09. The van der Waals surface area contributed by atoms with Crippen LogP contribution < -0.4 is 4.18 Å². The maximum atomic E-state index is 11.7. The minimum absolute atomic E-state index is 0.124. The lowest BCUT2D eigenvalue weighted by atomic mass is 10.2. The molecule has 0 bridgehead atoms. The van der Waals surface area contributed by atoms with Crippen LogP contribution in [0, 0.1) is 6.92 Å². The summed E-state index contributed by atoms with van der Waals surface area (Å²) >= 11 is 0. The largest absolute Gasteiger partial charge is 0.469 e. The Kier molecular flexibility index (Phi) is 2.70. The van der Waals surface area contributed by atoms with Crippen molar-refractivity contribution in [2.24, 2.45) is 0 Å². The van der Waals surface area contributed by atoms with Gasteiger partial charge in [0, 0.05) is 6.07 Å². The highest BCUT2D eigenvalue weighted by Gasteiger charge is 2.16. The van der Waals surface area contributed by atoms with E-state index in [0.717, 1.165) is 5.56 Å². The van der Waals surface area contributed by atoms with E-state index in [1.807, 2.05) is 6.92 Å². The van der Waals surface area contributed by atoms with E-state index in [2.05, 4.69) is 0 Å². The summed E-state index contributed by atoms with van der Waals surface area (Å²) in [5.41, 5.74) is 0.988.